The van der Waals surface area contributed by atoms with E-state index in [1.54, 1.807) is 16.7 Å². The second kappa shape index (κ2) is 8.99. The summed E-state index contributed by atoms with van der Waals surface area (Å²) in [6, 6.07) is 3.03. The van der Waals surface area contributed by atoms with Gasteiger partial charge in [-0.05, 0) is 48.6 Å². The summed E-state index contributed by atoms with van der Waals surface area (Å²) in [5.41, 5.74) is 5.44. The predicted molar refractivity (Wildman–Crippen MR) is 133 cm³/mol. The SMILES string of the molecule is CC.Cc1c(Cl)cc2nc3c(c4c2c1CCC4NC(=O)CO)Cn1c-3cc2c(c1=O)COC(=O)C2O. The molecule has 2 atom stereocenters. The van der Waals surface area contributed by atoms with Gasteiger partial charge in [-0.3, -0.25) is 9.59 Å². The molecule has 1 aromatic carbocycles. The summed E-state index contributed by atoms with van der Waals surface area (Å²) in [6.45, 7) is 5.35. The molecule has 2 aromatic heterocycles. The third kappa shape index (κ3) is 3.45. The Balaban J connectivity index is 0.00000130. The van der Waals surface area contributed by atoms with Crippen LogP contribution in [0, 0.1) is 6.92 Å². The molecule has 0 spiro atoms. The molecule has 188 valence electrons. The summed E-state index contributed by atoms with van der Waals surface area (Å²) in [7, 11) is 0. The van der Waals surface area contributed by atoms with Gasteiger partial charge in [0.1, 0.15) is 13.2 Å². The lowest BCUT2D eigenvalue weighted by Gasteiger charge is -2.29. The van der Waals surface area contributed by atoms with E-state index in [9.17, 15) is 24.6 Å². The van der Waals surface area contributed by atoms with Crippen LogP contribution in [0.1, 0.15) is 65.8 Å². The van der Waals surface area contributed by atoms with Crippen LogP contribution in [0.5, 0.6) is 0 Å². The fourth-order valence-electron chi connectivity index (χ4n) is 5.49. The average Bonchev–Trinajstić information content (AvgIpc) is 3.25. The zero-order chi connectivity index (χ0) is 25.9. The van der Waals surface area contributed by atoms with Gasteiger partial charge in [-0.25, -0.2) is 9.78 Å². The van der Waals surface area contributed by atoms with Crippen molar-refractivity contribution in [2.24, 2.45) is 0 Å². The number of aliphatic hydroxyl groups excluding tert-OH is 2. The van der Waals surface area contributed by atoms with Gasteiger partial charge in [0.2, 0.25) is 5.91 Å². The van der Waals surface area contributed by atoms with Gasteiger partial charge >= 0.3 is 5.97 Å². The Bertz CT molecular complexity index is 1510. The van der Waals surface area contributed by atoms with Gasteiger partial charge in [0.15, 0.2) is 6.10 Å². The summed E-state index contributed by atoms with van der Waals surface area (Å²) < 4.78 is 6.52. The molecule has 1 amide bonds. The van der Waals surface area contributed by atoms with Crippen LogP contribution in [-0.4, -0.2) is 38.2 Å². The number of nitrogens with zero attached hydrogens (tertiary/aromatic N) is 2. The van der Waals surface area contributed by atoms with Gasteiger partial charge in [-0.1, -0.05) is 25.4 Å². The molecule has 9 nitrogen and oxygen atoms in total. The first-order valence-electron chi connectivity index (χ1n) is 12.0. The molecule has 10 heteroatoms. The molecule has 0 bridgehead atoms. The smallest absolute Gasteiger partial charge is 0.340 e. The third-order valence-electron chi connectivity index (χ3n) is 7.13. The highest BCUT2D eigenvalue weighted by Crippen LogP contribution is 2.45. The van der Waals surface area contributed by atoms with Crippen LogP contribution in [-0.2, 0) is 33.9 Å². The Morgan fingerprint density at radius 2 is 2.00 bits per heavy atom. The largest absolute Gasteiger partial charge is 0.458 e. The number of halogens is 1. The van der Waals surface area contributed by atoms with E-state index in [0.717, 1.165) is 27.6 Å². The van der Waals surface area contributed by atoms with Gasteiger partial charge in [-0.2, -0.15) is 0 Å². The van der Waals surface area contributed by atoms with Crippen molar-refractivity contribution < 1.29 is 24.5 Å². The Labute approximate surface area is 211 Å². The number of carbonyl (C=O) groups excluding carboxylic acids is 2. The fraction of sp³-hybridized carbons (Fsp3) is 0.385. The summed E-state index contributed by atoms with van der Waals surface area (Å²) in [5.74, 6) is -1.28. The van der Waals surface area contributed by atoms with Crippen molar-refractivity contribution in [3.8, 4) is 11.4 Å². The quantitative estimate of drug-likeness (QED) is 0.352. The van der Waals surface area contributed by atoms with Crippen LogP contribution in [0.15, 0.2) is 16.9 Å². The van der Waals surface area contributed by atoms with Crippen LogP contribution in [0.25, 0.3) is 22.3 Å². The second-order valence-electron chi connectivity index (χ2n) is 8.89. The molecule has 3 N–H and O–H groups in total. The molecular formula is C26H26ClN3O6. The average molecular weight is 512 g/mol. The van der Waals surface area contributed by atoms with E-state index in [1.165, 1.54) is 0 Å². The monoisotopic (exact) mass is 511 g/mol. The number of hydrogen-bond donors (Lipinski definition) is 3. The van der Waals surface area contributed by atoms with E-state index in [2.05, 4.69) is 5.32 Å². The zero-order valence-electron chi connectivity index (χ0n) is 20.1. The van der Waals surface area contributed by atoms with Gasteiger partial charge in [0, 0.05) is 21.5 Å². The van der Waals surface area contributed by atoms with Gasteiger partial charge in [-0.15, -0.1) is 0 Å². The number of ether oxygens (including phenoxy) is 1. The van der Waals surface area contributed by atoms with E-state index in [4.69, 9.17) is 21.3 Å². The topological polar surface area (TPSA) is 131 Å². The summed E-state index contributed by atoms with van der Waals surface area (Å²) >= 11 is 6.52. The van der Waals surface area contributed by atoms with Crippen LogP contribution >= 0.6 is 11.6 Å². The van der Waals surface area contributed by atoms with E-state index in [-0.39, 0.29) is 35.9 Å². The lowest BCUT2D eigenvalue weighted by atomic mass is 9.82. The van der Waals surface area contributed by atoms with E-state index >= 15 is 0 Å². The molecular weight excluding hydrogens is 486 g/mol. The maximum absolute atomic E-state index is 13.3. The predicted octanol–water partition coefficient (Wildman–Crippen LogP) is 2.60. The van der Waals surface area contributed by atoms with Crippen LogP contribution in [0.4, 0.5) is 0 Å². The van der Waals surface area contributed by atoms with Crippen molar-refractivity contribution in [2.75, 3.05) is 6.61 Å². The number of aryl methyl sites for hydroxylation is 1. The maximum atomic E-state index is 13.3. The van der Waals surface area contributed by atoms with Crippen LogP contribution in [0.3, 0.4) is 0 Å². The molecule has 2 aliphatic heterocycles. The lowest BCUT2D eigenvalue weighted by molar-refractivity contribution is -0.157. The summed E-state index contributed by atoms with van der Waals surface area (Å²) in [6.07, 6.45) is -0.251. The van der Waals surface area contributed by atoms with Crippen molar-refractivity contribution in [3.05, 3.63) is 60.9 Å². The third-order valence-corrected chi connectivity index (χ3v) is 7.52. The van der Waals surface area contributed by atoms with Gasteiger partial charge < -0.3 is 24.8 Å². The standard InChI is InChI=1S/C24H20ClN3O6.C2H6/c1-9-10-2-3-15(26-18(30)7-29)20-12-6-28-17(21(12)27-16(19(10)20)5-14(9)25)4-11-13(23(28)32)8-34-24(33)22(11)31;1-2/h4-5,15,22,29,31H,2-3,6-8H2,1H3,(H,26,30);1-2H3. The highest BCUT2D eigenvalue weighted by Gasteiger charge is 2.37. The number of fused-ring (bicyclic) bond motifs is 5. The minimum absolute atomic E-state index is 0.197. The van der Waals surface area contributed by atoms with Gasteiger partial charge in [0.25, 0.3) is 5.56 Å². The molecule has 3 aromatic rings. The molecule has 0 radical (unpaired) electrons. The first-order chi connectivity index (χ1) is 17.3. The number of aliphatic hydroxyl groups is 2. The number of benzene rings is 1. The van der Waals surface area contributed by atoms with Gasteiger partial charge in [0.05, 0.1) is 35.1 Å². The molecule has 4 heterocycles. The number of esters is 1. The van der Waals surface area contributed by atoms with E-state index < -0.39 is 24.6 Å². The first kappa shape index (κ1) is 24.4. The van der Waals surface area contributed by atoms with Crippen molar-refractivity contribution in [1.29, 1.82) is 0 Å². The Morgan fingerprint density at radius 1 is 1.25 bits per heavy atom. The Kier molecular flexibility index (Phi) is 6.10. The minimum Gasteiger partial charge on any atom is -0.458 e. The number of aromatic nitrogens is 2. The maximum Gasteiger partial charge on any atom is 0.340 e. The van der Waals surface area contributed by atoms with Crippen molar-refractivity contribution in [2.45, 2.75) is 58.9 Å². The summed E-state index contributed by atoms with van der Waals surface area (Å²) in [4.78, 5) is 42.2. The first-order valence-corrected chi connectivity index (χ1v) is 12.3. The molecule has 0 saturated heterocycles. The molecule has 3 aliphatic rings. The normalized spacial score (nSPS) is 19.0. The number of pyridine rings is 2. The highest BCUT2D eigenvalue weighted by molar-refractivity contribution is 6.32. The molecule has 1 aliphatic carbocycles. The van der Waals surface area contributed by atoms with E-state index in [0.29, 0.717) is 34.8 Å². The lowest BCUT2D eigenvalue weighted by Crippen LogP contribution is -2.34. The number of hydrogen-bond acceptors (Lipinski definition) is 7. The number of rotatable bonds is 2. The van der Waals surface area contributed by atoms with Crippen LogP contribution in [0.2, 0.25) is 5.02 Å². The molecule has 36 heavy (non-hydrogen) atoms. The zero-order valence-corrected chi connectivity index (χ0v) is 20.9. The minimum atomic E-state index is -1.54. The number of cyclic esters (lactones) is 1. The number of carbonyl (C=O) groups is 2. The van der Waals surface area contributed by atoms with Crippen molar-refractivity contribution in [1.82, 2.24) is 14.9 Å². The van der Waals surface area contributed by atoms with Crippen molar-refractivity contribution in [3.63, 3.8) is 0 Å². The fourth-order valence-corrected chi connectivity index (χ4v) is 5.70. The number of nitrogens with one attached hydrogen (secondary N) is 1. The molecule has 2 unspecified atom stereocenters. The molecule has 0 fully saturated rings. The Morgan fingerprint density at radius 3 is 2.72 bits per heavy atom. The van der Waals surface area contributed by atoms with Crippen LogP contribution < -0.4 is 10.9 Å². The molecule has 6 rings (SSSR count). The van der Waals surface area contributed by atoms with Crippen molar-refractivity contribution >= 4 is 34.4 Å². The second-order valence-corrected chi connectivity index (χ2v) is 9.30. The summed E-state index contributed by atoms with van der Waals surface area (Å²) in [5, 5.41) is 24.1. The van der Waals surface area contributed by atoms with E-state index in [1.807, 2.05) is 20.8 Å². The Hall–Kier alpha value is -3.27. The molecule has 0 saturated carbocycles. The number of amides is 1. The highest BCUT2D eigenvalue weighted by atomic mass is 35.5.